The van der Waals surface area contributed by atoms with E-state index < -0.39 is 45.9 Å². The number of amides is 4. The van der Waals surface area contributed by atoms with Crippen molar-refractivity contribution in [1.82, 2.24) is 60.8 Å². The topological polar surface area (TPSA) is 302 Å². The molecule has 0 radical (unpaired) electrons. The van der Waals surface area contributed by atoms with Crippen molar-refractivity contribution in [2.24, 2.45) is 0 Å². The molecule has 4 aliphatic heterocycles. The van der Waals surface area contributed by atoms with Crippen LogP contribution in [-0.4, -0.2) is 140 Å². The number of hydrogen-bond acceptors (Lipinski definition) is 19. The fourth-order valence-electron chi connectivity index (χ4n) is 10.5. The molecule has 4 atom stereocenters. The number of aromatic amines is 4. The van der Waals surface area contributed by atoms with E-state index in [4.69, 9.17) is 31.1 Å². The van der Waals surface area contributed by atoms with Crippen LogP contribution in [0, 0.1) is 14.9 Å². The Kier molecular flexibility index (Phi) is 34.6. The molecule has 0 bridgehead atoms. The SMILES string of the molecule is C.C.C.C.C[C@@H]1Cc2[nH]nc(-c3ccsc3)c2CN1.C[C@@H]1Cc2[nH]nc(-c3ccsc3)c2CN1C(=O)Nc1cccc(Cl)c1.C[C@@H]1Cc2[nH]nc(-c3ccsc3)c2CN1C(=O)OC(C)(C)C.C[C@@H]1Cc2[nH]nc(OS(=O)(=O)C(F)(F)F)c2CN1C(=O)OC(C)(C)C.OB(O)c1ccsc1.[CH3-].[CH3-].[Pd+2]. The van der Waals surface area contributed by atoms with Gasteiger partial charge in [-0.25, -0.2) is 14.4 Å². The quantitative estimate of drug-likeness (QED) is 0.0318. The maximum atomic E-state index is 12.8. The molecule has 8 aromatic heterocycles. The van der Waals surface area contributed by atoms with E-state index in [-0.39, 0.29) is 114 Å². The van der Waals surface area contributed by atoms with Gasteiger partial charge in [-0.15, -0.1) is 5.10 Å². The Morgan fingerprint density at radius 2 is 1.00 bits per heavy atom. The Balaban J connectivity index is 0.000000440. The summed E-state index contributed by atoms with van der Waals surface area (Å²) >= 11 is 12.4. The number of urea groups is 1. The van der Waals surface area contributed by atoms with Crippen molar-refractivity contribution < 1.29 is 80.1 Å². The number of alkyl halides is 3. The molecule has 1 aromatic carbocycles. The molecule has 0 saturated carbocycles. The third-order valence-corrected chi connectivity index (χ3v) is 19.2. The number of carbonyl (C=O) groups excluding carboxylic acids is 3. The molecule has 564 valence electrons. The van der Waals surface area contributed by atoms with Gasteiger partial charge in [0.1, 0.15) is 11.2 Å². The van der Waals surface area contributed by atoms with Crippen molar-refractivity contribution in [3.05, 3.63) is 156 Å². The average Bonchev–Trinajstić information content (AvgIpc) is 1.61. The Bertz CT molecular complexity index is 4140. The molecule has 0 spiro atoms. The van der Waals surface area contributed by atoms with Crippen molar-refractivity contribution in [1.29, 1.82) is 0 Å². The van der Waals surface area contributed by atoms with Gasteiger partial charge in [0.05, 0.1) is 42.3 Å². The van der Waals surface area contributed by atoms with Gasteiger partial charge in [-0.05, 0) is 138 Å². The minimum Gasteiger partial charge on any atom is -0.444 e. The van der Waals surface area contributed by atoms with Gasteiger partial charge in [0.25, 0.3) is 5.88 Å². The standard InChI is InChI=1S/C18H17ClN4OS.C16H21N3O2S.C13H18F3N3O5S.C11H13N3S.C4H5BO2S.4CH4.2CH3.Pd/c1-11-7-16-15(17(22-21-16)12-5-6-25-10-12)9-23(11)18(24)20-14-4-2-3-13(19)8-14;1-10-7-13-12(8-19(10)15(20)21-16(2,3)4)14(18-17-13)11-5-6-22-9-11;1-7-5-9-8(6-19(7)11(20)23-12(2,3)4)10(18-17-9)24-25(21,22)13(14,15)16;1-7-4-10-9(5-12-7)11(14-13-10)8-2-3-15-6-8;6-5(7)4-1-2-8-3-4;;;;;;;/h2-6,8,10-11H,7,9H2,1H3,(H,20,24)(H,21,22);5-6,9-10H,7-8H2,1-4H3,(H,17,18);7H,5-6H2,1-4H3,(H,17,18);2-3,6-7,12H,4-5H2,1H3,(H,13,14);1-3,6-7H;4*1H4;2*1H3;/q;;;;;;;;;2*-1;+2/t11-;10-;2*7-;;;;;;;;/m1111......../s1. The summed E-state index contributed by atoms with van der Waals surface area (Å²) in [4.78, 5) is 42.3. The molecule has 4 aliphatic rings. The van der Waals surface area contributed by atoms with E-state index >= 15 is 0 Å². The molecule has 4 amide bonds. The normalized spacial score (nSPS) is 16.3. The second-order valence-corrected chi connectivity index (χ2v) is 30.0. The molecule has 9 aromatic rings. The third-order valence-electron chi connectivity index (χ3n) is 15.3. The maximum absolute atomic E-state index is 12.8. The van der Waals surface area contributed by atoms with Crippen LogP contribution >= 0.6 is 56.9 Å². The van der Waals surface area contributed by atoms with E-state index in [1.165, 1.54) is 33.1 Å². The number of thiophene rings is 4. The van der Waals surface area contributed by atoms with Crippen molar-refractivity contribution in [2.75, 3.05) is 5.32 Å². The molecule has 23 nitrogen and oxygen atoms in total. The number of carbonyl (C=O) groups is 3. The van der Waals surface area contributed by atoms with Crippen LogP contribution < -0.4 is 20.3 Å². The van der Waals surface area contributed by atoms with E-state index in [1.54, 1.807) is 95.6 Å². The Morgan fingerprint density at radius 3 is 1.40 bits per heavy atom. The van der Waals surface area contributed by atoms with Gasteiger partial charge >= 0.3 is 61.4 Å². The molecular formula is C68H96BClF3N13O10PdS5. The first-order valence-electron chi connectivity index (χ1n) is 30.1. The van der Waals surface area contributed by atoms with Crippen LogP contribution in [0.4, 0.5) is 33.2 Å². The smallest absolute Gasteiger partial charge is 0.444 e. The number of fused-ring (bicyclic) bond motifs is 4. The van der Waals surface area contributed by atoms with Crippen molar-refractivity contribution in [3.63, 3.8) is 0 Å². The first-order valence-corrected chi connectivity index (χ1v) is 35.7. The summed E-state index contributed by atoms with van der Waals surface area (Å²) in [5.74, 6) is -0.729. The van der Waals surface area contributed by atoms with Crippen molar-refractivity contribution >= 4 is 104 Å². The number of rotatable bonds is 7. The van der Waals surface area contributed by atoms with Gasteiger partial charge in [0.2, 0.25) is 0 Å². The zero-order valence-electron chi connectivity index (χ0n) is 55.9. The van der Waals surface area contributed by atoms with Gasteiger partial charge in [-0.1, -0.05) is 53.4 Å². The van der Waals surface area contributed by atoms with Crippen LogP contribution in [0.25, 0.3) is 33.8 Å². The number of halogens is 4. The van der Waals surface area contributed by atoms with Crippen LogP contribution in [0.15, 0.2) is 91.6 Å². The number of benzene rings is 1. The van der Waals surface area contributed by atoms with Gasteiger partial charge < -0.3 is 63.9 Å². The monoisotopic (exact) mass is 1620 g/mol. The minimum atomic E-state index is -5.85. The molecule has 102 heavy (non-hydrogen) atoms. The predicted molar refractivity (Wildman–Crippen MR) is 403 cm³/mol. The summed E-state index contributed by atoms with van der Waals surface area (Å²) in [5.41, 5.74) is 8.38. The van der Waals surface area contributed by atoms with Crippen LogP contribution in [-0.2, 0) is 91.9 Å². The number of ether oxygens (including phenoxy) is 2. The molecule has 0 aliphatic carbocycles. The van der Waals surface area contributed by atoms with E-state index in [2.05, 4.69) is 102 Å². The van der Waals surface area contributed by atoms with Gasteiger partial charge in [0, 0.05) is 139 Å². The Labute approximate surface area is 633 Å². The Hall–Kier alpha value is -6.89. The zero-order valence-corrected chi connectivity index (χ0v) is 62.3. The summed E-state index contributed by atoms with van der Waals surface area (Å²) in [7, 11) is -7.16. The van der Waals surface area contributed by atoms with E-state index in [0.717, 1.165) is 76.5 Å². The molecular weight excluding hydrogens is 1530 g/mol. The summed E-state index contributed by atoms with van der Waals surface area (Å²) in [6, 6.07) is 15.4. The zero-order chi connectivity index (χ0) is 68.7. The number of anilines is 1. The fourth-order valence-corrected chi connectivity index (χ4v) is 13.7. The first-order chi connectivity index (χ1) is 44.8. The molecule has 0 saturated heterocycles. The first kappa shape index (κ1) is 91.2. The summed E-state index contributed by atoms with van der Waals surface area (Å²) in [6.07, 6.45) is 1.88. The Morgan fingerprint density at radius 1 is 0.598 bits per heavy atom. The summed E-state index contributed by atoms with van der Waals surface area (Å²) in [5, 5.41) is 68.6. The van der Waals surface area contributed by atoms with Crippen LogP contribution in [0.3, 0.4) is 0 Å². The number of hydrogen-bond donors (Lipinski definition) is 8. The molecule has 0 unspecified atom stereocenters. The molecule has 0 fully saturated rings. The molecule has 13 rings (SSSR count). The second-order valence-electron chi connectivity index (χ2n) is 25.0. The van der Waals surface area contributed by atoms with E-state index in [1.807, 2.05) is 62.4 Å². The van der Waals surface area contributed by atoms with E-state index in [9.17, 15) is 36.0 Å². The number of aromatic nitrogens is 8. The van der Waals surface area contributed by atoms with Crippen molar-refractivity contribution in [2.45, 2.75) is 192 Å². The summed E-state index contributed by atoms with van der Waals surface area (Å²) in [6.45, 7) is 20.5. The number of H-pyrrole nitrogens is 4. The summed E-state index contributed by atoms with van der Waals surface area (Å²) < 4.78 is 74.6. The molecule has 12 heterocycles. The third kappa shape index (κ3) is 23.3. The van der Waals surface area contributed by atoms with Crippen molar-refractivity contribution in [3.8, 4) is 39.7 Å². The molecule has 34 heteroatoms. The predicted octanol–water partition coefficient (Wildman–Crippen LogP) is 16.0. The largest absolute Gasteiger partial charge is 2.00 e. The molecule has 8 N–H and O–H groups in total. The van der Waals surface area contributed by atoms with Crippen LogP contribution in [0.5, 0.6) is 5.88 Å². The minimum absolute atomic E-state index is 0. The van der Waals surface area contributed by atoms with Crippen LogP contribution in [0.1, 0.15) is 144 Å². The van der Waals surface area contributed by atoms with Gasteiger partial charge in [-0.2, -0.15) is 82.2 Å². The van der Waals surface area contributed by atoms with Gasteiger partial charge in [-0.3, -0.25) is 20.4 Å². The number of nitrogens with zero attached hydrogens (tertiary/aromatic N) is 7. The van der Waals surface area contributed by atoms with Gasteiger partial charge in [0.15, 0.2) is 0 Å². The maximum Gasteiger partial charge on any atom is 2.00 e. The second kappa shape index (κ2) is 38.7. The fraction of sp³-hybridized carbons (Fsp3) is 0.426. The van der Waals surface area contributed by atoms with Crippen LogP contribution in [0.2, 0.25) is 5.02 Å². The number of nitrogens with one attached hydrogen (secondary N) is 6. The average molecular weight is 1630 g/mol. The van der Waals surface area contributed by atoms with E-state index in [0.29, 0.717) is 41.0 Å².